The van der Waals surface area contributed by atoms with Crippen LogP contribution in [-0.4, -0.2) is 243 Å². The van der Waals surface area contributed by atoms with Gasteiger partial charge in [-0.15, -0.1) is 0 Å². The molecular weight excluding hydrogens is 870 g/mol. The smallest absolute Gasteiger partial charge is 0.432 e. The van der Waals surface area contributed by atoms with Gasteiger partial charge >= 0.3 is 6.16 Å². The molecule has 0 atom stereocenters. The molecule has 0 aliphatic carbocycles. The van der Waals surface area contributed by atoms with Gasteiger partial charge < -0.3 is 90.0 Å². The minimum atomic E-state index is -0.931. The summed E-state index contributed by atoms with van der Waals surface area (Å²) in [5.41, 5.74) is -0.109. The number of hydrogen-bond donors (Lipinski definition) is 0. The van der Waals surface area contributed by atoms with Gasteiger partial charge in [-0.05, 0) is 12.1 Å². The molecule has 1 aromatic rings. The van der Waals surface area contributed by atoms with Crippen LogP contribution in [0.5, 0.6) is 5.75 Å². The van der Waals surface area contributed by atoms with E-state index >= 15 is 0 Å². The monoisotopic (exact) mass is 945 g/mol. The zero-order valence-electron chi connectivity index (χ0n) is 38.3. The standard InChI is InChI=1S/C42H75NO22/c1-47-6-7-48-8-9-49-10-11-50-12-13-51-14-15-52-16-17-53-18-19-54-20-21-55-22-23-56-24-25-57-26-27-58-28-29-59-30-31-60-32-33-61-34-35-62-36-37-63-38-39-64-42(44)65-41-4-2-40(3-5-41)43(45)46/h2-5H,6-39H2,1H3. The minimum Gasteiger partial charge on any atom is -0.432 e. The average Bonchev–Trinajstić information content (AvgIpc) is 3.31. The lowest BCUT2D eigenvalue weighted by molar-refractivity contribution is -0.384. The number of nitrogens with zero attached hydrogens (tertiary/aromatic N) is 1. The number of benzene rings is 1. The maximum Gasteiger partial charge on any atom is 0.513 e. The largest absolute Gasteiger partial charge is 0.513 e. The Morgan fingerprint density at radius 2 is 0.554 bits per heavy atom. The molecular formula is C42H75NO22. The molecule has 0 aliphatic heterocycles. The second kappa shape index (κ2) is 50.6. The molecule has 0 unspecified atom stereocenters. The van der Waals surface area contributed by atoms with Gasteiger partial charge in [0.1, 0.15) is 12.4 Å². The van der Waals surface area contributed by atoms with Crippen LogP contribution in [0.1, 0.15) is 0 Å². The number of hydrogen-bond acceptors (Lipinski definition) is 22. The number of carbonyl (C=O) groups is 1. The van der Waals surface area contributed by atoms with E-state index in [4.69, 9.17) is 90.0 Å². The Morgan fingerprint density at radius 3 is 0.754 bits per heavy atom. The van der Waals surface area contributed by atoms with E-state index < -0.39 is 11.1 Å². The van der Waals surface area contributed by atoms with Crippen LogP contribution in [0.3, 0.4) is 0 Å². The molecule has 0 spiro atoms. The van der Waals surface area contributed by atoms with E-state index in [1.807, 2.05) is 0 Å². The van der Waals surface area contributed by atoms with Crippen LogP contribution in [0, 0.1) is 10.1 Å². The van der Waals surface area contributed by atoms with Crippen molar-refractivity contribution in [2.45, 2.75) is 0 Å². The first-order valence-corrected chi connectivity index (χ1v) is 21.9. The first-order valence-electron chi connectivity index (χ1n) is 21.9. The molecule has 1 aromatic carbocycles. The fourth-order valence-corrected chi connectivity index (χ4v) is 4.49. The van der Waals surface area contributed by atoms with E-state index in [2.05, 4.69) is 0 Å². The summed E-state index contributed by atoms with van der Waals surface area (Å²) in [5, 5.41) is 10.7. The maximum atomic E-state index is 11.6. The van der Waals surface area contributed by atoms with Crippen LogP contribution in [0.25, 0.3) is 0 Å². The number of rotatable bonds is 53. The van der Waals surface area contributed by atoms with Crippen molar-refractivity contribution in [3.8, 4) is 5.75 Å². The van der Waals surface area contributed by atoms with E-state index in [0.29, 0.717) is 211 Å². The average molecular weight is 946 g/mol. The number of carbonyl (C=O) groups excluding carboxylic acids is 1. The number of ether oxygens (including phenoxy) is 19. The summed E-state index contributed by atoms with van der Waals surface area (Å²) in [7, 11) is 1.64. The molecule has 0 heterocycles. The summed E-state index contributed by atoms with van der Waals surface area (Å²) < 4.78 is 102. The fourth-order valence-electron chi connectivity index (χ4n) is 4.49. The molecule has 65 heavy (non-hydrogen) atoms. The molecule has 380 valence electrons. The molecule has 0 amide bonds. The van der Waals surface area contributed by atoms with Crippen LogP contribution < -0.4 is 4.74 Å². The zero-order chi connectivity index (χ0) is 46.6. The number of methoxy groups -OCH3 is 1. The van der Waals surface area contributed by atoms with Crippen molar-refractivity contribution in [3.05, 3.63) is 34.4 Å². The summed E-state index contributed by atoms with van der Waals surface area (Å²) in [6.07, 6.45) is -0.931. The van der Waals surface area contributed by atoms with Gasteiger partial charge in [-0.1, -0.05) is 0 Å². The van der Waals surface area contributed by atoms with E-state index in [1.165, 1.54) is 24.3 Å². The molecule has 0 saturated heterocycles. The molecule has 23 heteroatoms. The Balaban J connectivity index is 1.63. The third-order valence-electron chi connectivity index (χ3n) is 7.71. The highest BCUT2D eigenvalue weighted by molar-refractivity contribution is 5.63. The lowest BCUT2D eigenvalue weighted by Gasteiger charge is -2.09. The van der Waals surface area contributed by atoms with Gasteiger partial charge in [-0.3, -0.25) is 10.1 Å². The number of nitro groups is 1. The van der Waals surface area contributed by atoms with Crippen molar-refractivity contribution in [2.75, 3.05) is 232 Å². The predicted molar refractivity (Wildman–Crippen MR) is 230 cm³/mol. The Labute approximate surface area is 383 Å². The molecule has 1 rings (SSSR count). The summed E-state index contributed by atoms with van der Waals surface area (Å²) in [4.78, 5) is 21.7. The van der Waals surface area contributed by atoms with Crippen molar-refractivity contribution < 1.29 is 99.7 Å². The van der Waals surface area contributed by atoms with Crippen molar-refractivity contribution in [1.29, 1.82) is 0 Å². The zero-order valence-corrected chi connectivity index (χ0v) is 38.3. The van der Waals surface area contributed by atoms with Crippen LogP contribution in [0.4, 0.5) is 10.5 Å². The van der Waals surface area contributed by atoms with E-state index in [0.717, 1.165) is 0 Å². The Kier molecular flexibility index (Phi) is 46.9. The summed E-state index contributed by atoms with van der Waals surface area (Å²) in [6, 6.07) is 5.07. The summed E-state index contributed by atoms with van der Waals surface area (Å²) >= 11 is 0. The third kappa shape index (κ3) is 46.1. The highest BCUT2D eigenvalue weighted by Gasteiger charge is 2.09. The lowest BCUT2D eigenvalue weighted by atomic mass is 10.3. The molecule has 0 bridgehead atoms. The number of non-ortho nitro benzene ring substituents is 1. The van der Waals surface area contributed by atoms with Crippen molar-refractivity contribution in [3.63, 3.8) is 0 Å². The SMILES string of the molecule is COCCOCCOCCOCCOCCOCCOCCOCCOCCOCCOCCOCCOCCOCCOCCOCCOCCOC(=O)Oc1ccc([N+](=O)[O-])cc1. The van der Waals surface area contributed by atoms with Crippen LogP contribution in [0.15, 0.2) is 24.3 Å². The lowest BCUT2D eigenvalue weighted by Crippen LogP contribution is -2.16. The quantitative estimate of drug-likeness (QED) is 0.0299. The predicted octanol–water partition coefficient (Wildman–Crippen LogP) is 2.02. The Morgan fingerprint density at radius 1 is 0.354 bits per heavy atom. The second-order valence-electron chi connectivity index (χ2n) is 12.7. The second-order valence-corrected chi connectivity index (χ2v) is 12.7. The summed E-state index contributed by atoms with van der Waals surface area (Å²) in [5.74, 6) is 0.137. The first-order chi connectivity index (χ1) is 32.1. The van der Waals surface area contributed by atoms with Gasteiger partial charge in [0.2, 0.25) is 0 Å². The molecule has 0 saturated carbocycles. The molecule has 0 fully saturated rings. The van der Waals surface area contributed by atoms with Crippen molar-refractivity contribution >= 4 is 11.8 Å². The minimum absolute atomic E-state index is 0.0139. The van der Waals surface area contributed by atoms with E-state index in [-0.39, 0.29) is 24.7 Å². The molecule has 0 N–H and O–H groups in total. The first kappa shape index (κ1) is 60.2. The van der Waals surface area contributed by atoms with Crippen LogP contribution in [0.2, 0.25) is 0 Å². The molecule has 0 radical (unpaired) electrons. The van der Waals surface area contributed by atoms with Gasteiger partial charge in [0.15, 0.2) is 0 Å². The maximum absolute atomic E-state index is 11.6. The van der Waals surface area contributed by atoms with Crippen LogP contribution in [-0.2, 0) is 85.3 Å². The third-order valence-corrected chi connectivity index (χ3v) is 7.71. The van der Waals surface area contributed by atoms with Gasteiger partial charge in [-0.25, -0.2) is 4.79 Å². The van der Waals surface area contributed by atoms with Crippen LogP contribution >= 0.6 is 0 Å². The highest BCUT2D eigenvalue weighted by atomic mass is 16.7. The van der Waals surface area contributed by atoms with Gasteiger partial charge in [0.05, 0.1) is 223 Å². The van der Waals surface area contributed by atoms with Gasteiger partial charge in [0, 0.05) is 19.2 Å². The Bertz CT molecular complexity index is 1140. The number of nitro benzene ring substituents is 1. The van der Waals surface area contributed by atoms with E-state index in [9.17, 15) is 14.9 Å². The fraction of sp³-hybridized carbons (Fsp3) is 0.833. The molecule has 0 aromatic heterocycles. The normalized spacial score (nSPS) is 11.4. The molecule has 0 aliphatic rings. The van der Waals surface area contributed by atoms with Gasteiger partial charge in [-0.2, -0.15) is 0 Å². The van der Waals surface area contributed by atoms with Crippen molar-refractivity contribution in [1.82, 2.24) is 0 Å². The van der Waals surface area contributed by atoms with Gasteiger partial charge in [0.25, 0.3) is 5.69 Å². The highest BCUT2D eigenvalue weighted by Crippen LogP contribution is 2.17. The molecule has 23 nitrogen and oxygen atoms in total. The van der Waals surface area contributed by atoms with Crippen molar-refractivity contribution in [2.24, 2.45) is 0 Å². The Hall–Kier alpha value is -2.79. The van der Waals surface area contributed by atoms with E-state index in [1.54, 1.807) is 7.11 Å². The summed E-state index contributed by atoms with van der Waals surface area (Å²) in [6.45, 7) is 15.4. The topological polar surface area (TPSA) is 236 Å².